The van der Waals surface area contributed by atoms with E-state index in [0.717, 1.165) is 29.7 Å². The lowest BCUT2D eigenvalue weighted by atomic mass is 9.74. The predicted octanol–water partition coefficient (Wildman–Crippen LogP) is 3.38. The van der Waals surface area contributed by atoms with Gasteiger partial charge in [-0.05, 0) is 48.2 Å². The van der Waals surface area contributed by atoms with Crippen molar-refractivity contribution in [2.45, 2.75) is 24.8 Å². The Morgan fingerprint density at radius 3 is 2.37 bits per heavy atom. The standard InChI is InChI=1S/C21H25FN2O3/c1-26-19-8-2-16(3-9-19)14-23-20(25)24-15-21(10-12-27-13-11-21)17-4-6-18(22)7-5-17/h2-9H,10-15H2,1H3,(H2,23,24,25). The number of methoxy groups -OCH3 is 1. The van der Waals surface area contributed by atoms with Crippen molar-refractivity contribution >= 4 is 6.03 Å². The normalized spacial score (nSPS) is 15.8. The number of nitrogens with one attached hydrogen (secondary N) is 2. The Bertz CT molecular complexity index is 741. The molecule has 2 aromatic rings. The molecule has 0 aliphatic carbocycles. The minimum absolute atomic E-state index is 0.223. The molecule has 0 radical (unpaired) electrons. The van der Waals surface area contributed by atoms with Crippen LogP contribution in [0.5, 0.6) is 5.75 Å². The summed E-state index contributed by atoms with van der Waals surface area (Å²) < 4.78 is 23.9. The maximum absolute atomic E-state index is 13.3. The molecule has 2 amide bonds. The molecule has 0 aromatic heterocycles. The molecule has 0 atom stereocenters. The molecule has 0 saturated carbocycles. The molecule has 5 nitrogen and oxygen atoms in total. The van der Waals surface area contributed by atoms with Gasteiger partial charge in [-0.3, -0.25) is 0 Å². The average molecular weight is 372 g/mol. The summed E-state index contributed by atoms with van der Waals surface area (Å²) in [7, 11) is 1.62. The van der Waals surface area contributed by atoms with Gasteiger partial charge in [-0.1, -0.05) is 24.3 Å². The van der Waals surface area contributed by atoms with Crippen LogP contribution in [0.3, 0.4) is 0 Å². The predicted molar refractivity (Wildman–Crippen MR) is 101 cm³/mol. The molecule has 144 valence electrons. The van der Waals surface area contributed by atoms with Crippen molar-refractivity contribution in [1.29, 1.82) is 0 Å². The molecule has 6 heteroatoms. The van der Waals surface area contributed by atoms with Crippen LogP contribution in [-0.4, -0.2) is 32.9 Å². The molecule has 3 rings (SSSR count). The third-order valence-corrected chi connectivity index (χ3v) is 5.11. The lowest BCUT2D eigenvalue weighted by Crippen LogP contribution is -2.47. The van der Waals surface area contributed by atoms with E-state index in [0.29, 0.717) is 26.3 Å². The summed E-state index contributed by atoms with van der Waals surface area (Å²) in [6, 6.07) is 13.9. The third-order valence-electron chi connectivity index (χ3n) is 5.11. The summed E-state index contributed by atoms with van der Waals surface area (Å²) in [6.45, 7) is 2.18. The highest BCUT2D eigenvalue weighted by Gasteiger charge is 2.34. The monoisotopic (exact) mass is 372 g/mol. The quantitative estimate of drug-likeness (QED) is 0.817. The van der Waals surface area contributed by atoms with Gasteiger partial charge >= 0.3 is 6.03 Å². The first kappa shape index (κ1) is 19.2. The van der Waals surface area contributed by atoms with Gasteiger partial charge in [-0.2, -0.15) is 0 Å². The number of urea groups is 1. The highest BCUT2D eigenvalue weighted by molar-refractivity contribution is 5.74. The number of benzene rings is 2. The van der Waals surface area contributed by atoms with Crippen molar-refractivity contribution in [3.63, 3.8) is 0 Å². The van der Waals surface area contributed by atoms with E-state index in [-0.39, 0.29) is 17.3 Å². The number of amides is 2. The largest absolute Gasteiger partial charge is 0.497 e. The van der Waals surface area contributed by atoms with Crippen molar-refractivity contribution in [3.8, 4) is 5.75 Å². The van der Waals surface area contributed by atoms with E-state index in [1.807, 2.05) is 24.3 Å². The van der Waals surface area contributed by atoms with Gasteiger partial charge in [-0.15, -0.1) is 0 Å². The highest BCUT2D eigenvalue weighted by atomic mass is 19.1. The smallest absolute Gasteiger partial charge is 0.315 e. The number of ether oxygens (including phenoxy) is 2. The second-order valence-electron chi connectivity index (χ2n) is 6.78. The fourth-order valence-corrected chi connectivity index (χ4v) is 3.37. The molecular formula is C21H25FN2O3. The SMILES string of the molecule is COc1ccc(CNC(=O)NCC2(c3ccc(F)cc3)CCOCC2)cc1. The van der Waals surface area contributed by atoms with Gasteiger partial charge in [0.25, 0.3) is 0 Å². The van der Waals surface area contributed by atoms with Crippen LogP contribution in [0, 0.1) is 5.82 Å². The van der Waals surface area contributed by atoms with Crippen molar-refractivity contribution < 1.29 is 18.7 Å². The Morgan fingerprint density at radius 2 is 1.74 bits per heavy atom. The van der Waals surface area contributed by atoms with Crippen molar-refractivity contribution in [3.05, 3.63) is 65.5 Å². The molecule has 0 spiro atoms. The van der Waals surface area contributed by atoms with Crippen LogP contribution in [0.4, 0.5) is 9.18 Å². The lowest BCUT2D eigenvalue weighted by Gasteiger charge is -2.38. The summed E-state index contributed by atoms with van der Waals surface area (Å²) in [5.41, 5.74) is 1.79. The summed E-state index contributed by atoms with van der Waals surface area (Å²) in [5.74, 6) is 0.523. The number of carbonyl (C=O) groups is 1. The van der Waals surface area contributed by atoms with Gasteiger partial charge in [0.1, 0.15) is 11.6 Å². The molecule has 1 saturated heterocycles. The zero-order chi connectivity index (χ0) is 19.1. The highest BCUT2D eigenvalue weighted by Crippen LogP contribution is 2.34. The first-order valence-electron chi connectivity index (χ1n) is 9.10. The van der Waals surface area contributed by atoms with Crippen LogP contribution in [0.2, 0.25) is 0 Å². The molecule has 27 heavy (non-hydrogen) atoms. The number of hydrogen-bond donors (Lipinski definition) is 2. The fourth-order valence-electron chi connectivity index (χ4n) is 3.37. The maximum atomic E-state index is 13.3. The van der Waals surface area contributed by atoms with E-state index in [4.69, 9.17) is 9.47 Å². The zero-order valence-electron chi connectivity index (χ0n) is 15.5. The Morgan fingerprint density at radius 1 is 1.07 bits per heavy atom. The topological polar surface area (TPSA) is 59.6 Å². The van der Waals surface area contributed by atoms with Gasteiger partial charge in [0.15, 0.2) is 0 Å². The van der Waals surface area contributed by atoms with E-state index >= 15 is 0 Å². The summed E-state index contributed by atoms with van der Waals surface area (Å²) in [5, 5.41) is 5.85. The van der Waals surface area contributed by atoms with E-state index in [1.165, 1.54) is 12.1 Å². The van der Waals surface area contributed by atoms with Crippen molar-refractivity contribution in [2.24, 2.45) is 0 Å². The molecule has 2 N–H and O–H groups in total. The molecular weight excluding hydrogens is 347 g/mol. The molecule has 0 unspecified atom stereocenters. The van der Waals surface area contributed by atoms with E-state index in [2.05, 4.69) is 10.6 Å². The summed E-state index contributed by atoms with van der Waals surface area (Å²) in [4.78, 5) is 12.3. The van der Waals surface area contributed by atoms with E-state index < -0.39 is 0 Å². The number of carbonyl (C=O) groups excluding carboxylic acids is 1. The molecule has 1 aliphatic rings. The Labute approximate surface area is 158 Å². The van der Waals surface area contributed by atoms with Gasteiger partial charge in [0.05, 0.1) is 7.11 Å². The molecule has 0 bridgehead atoms. The number of halogens is 1. The third kappa shape index (κ3) is 4.98. The van der Waals surface area contributed by atoms with Crippen molar-refractivity contribution in [1.82, 2.24) is 10.6 Å². The first-order chi connectivity index (χ1) is 13.1. The Balaban J connectivity index is 1.57. The van der Waals surface area contributed by atoms with E-state index in [1.54, 1.807) is 19.2 Å². The number of hydrogen-bond acceptors (Lipinski definition) is 3. The maximum Gasteiger partial charge on any atom is 0.315 e. The van der Waals surface area contributed by atoms with Crippen LogP contribution in [-0.2, 0) is 16.7 Å². The lowest BCUT2D eigenvalue weighted by molar-refractivity contribution is 0.0506. The Kier molecular flexibility index (Phi) is 6.29. The fraction of sp³-hybridized carbons (Fsp3) is 0.381. The number of rotatable bonds is 6. The van der Waals surface area contributed by atoms with Crippen LogP contribution in [0.25, 0.3) is 0 Å². The van der Waals surface area contributed by atoms with Crippen molar-refractivity contribution in [2.75, 3.05) is 26.9 Å². The zero-order valence-corrected chi connectivity index (χ0v) is 15.5. The molecule has 1 aliphatic heterocycles. The van der Waals surface area contributed by atoms with Gasteiger partial charge in [0.2, 0.25) is 0 Å². The minimum atomic E-state index is -0.258. The molecule has 2 aromatic carbocycles. The van der Waals surface area contributed by atoms with Gasteiger partial charge in [-0.25, -0.2) is 9.18 Å². The van der Waals surface area contributed by atoms with Gasteiger partial charge < -0.3 is 20.1 Å². The van der Waals surface area contributed by atoms with E-state index in [9.17, 15) is 9.18 Å². The first-order valence-corrected chi connectivity index (χ1v) is 9.10. The summed E-state index contributed by atoms with van der Waals surface area (Å²) in [6.07, 6.45) is 1.58. The van der Waals surface area contributed by atoms with Crippen LogP contribution < -0.4 is 15.4 Å². The minimum Gasteiger partial charge on any atom is -0.497 e. The average Bonchev–Trinajstić information content (AvgIpc) is 2.72. The molecule has 1 fully saturated rings. The van der Waals surface area contributed by atoms with Crippen LogP contribution in [0.1, 0.15) is 24.0 Å². The Hall–Kier alpha value is -2.60. The molecule has 1 heterocycles. The second kappa shape index (κ2) is 8.86. The van der Waals surface area contributed by atoms with Gasteiger partial charge in [0, 0.05) is 31.7 Å². The summed E-state index contributed by atoms with van der Waals surface area (Å²) >= 11 is 0. The van der Waals surface area contributed by atoms with Crippen LogP contribution >= 0.6 is 0 Å². The van der Waals surface area contributed by atoms with Crippen LogP contribution in [0.15, 0.2) is 48.5 Å². The second-order valence-corrected chi connectivity index (χ2v) is 6.78.